The minimum atomic E-state index is -0.774. The standard InChI is InChI=1S/C15H16N2O2/c16-13-8-6-11(7-9-13)10-14(19-15(17)18)12-4-2-1-3-5-12/h1-9,14H,10,16H2,(H2,17,18). The number of carbonyl (C=O) groups is 1. The number of carbonyl (C=O) groups excluding carboxylic acids is 1. The Morgan fingerprint density at radius 3 is 2.26 bits per heavy atom. The molecule has 1 amide bonds. The maximum atomic E-state index is 11.0. The van der Waals surface area contributed by atoms with E-state index in [1.165, 1.54) is 0 Å². The van der Waals surface area contributed by atoms with E-state index in [9.17, 15) is 4.79 Å². The van der Waals surface area contributed by atoms with Crippen LogP contribution in [0.15, 0.2) is 54.6 Å². The third kappa shape index (κ3) is 3.74. The predicted molar refractivity (Wildman–Crippen MR) is 74.4 cm³/mol. The maximum Gasteiger partial charge on any atom is 0.405 e. The zero-order valence-electron chi connectivity index (χ0n) is 10.5. The molecule has 0 heterocycles. The molecule has 0 bridgehead atoms. The molecule has 0 spiro atoms. The van der Waals surface area contributed by atoms with Crippen LogP contribution >= 0.6 is 0 Å². The lowest BCUT2D eigenvalue weighted by Gasteiger charge is -2.17. The Labute approximate surface area is 112 Å². The third-order valence-electron chi connectivity index (χ3n) is 2.83. The number of ether oxygens (including phenoxy) is 1. The van der Waals surface area contributed by atoms with Crippen molar-refractivity contribution in [1.82, 2.24) is 0 Å². The number of anilines is 1. The van der Waals surface area contributed by atoms with E-state index in [1.54, 1.807) is 0 Å². The second-order valence-corrected chi connectivity index (χ2v) is 4.28. The van der Waals surface area contributed by atoms with Crippen LogP contribution < -0.4 is 11.5 Å². The Balaban J connectivity index is 2.19. The Morgan fingerprint density at radius 2 is 1.68 bits per heavy atom. The van der Waals surface area contributed by atoms with Gasteiger partial charge in [0.05, 0.1) is 0 Å². The van der Waals surface area contributed by atoms with Crippen molar-refractivity contribution in [2.75, 3.05) is 5.73 Å². The summed E-state index contributed by atoms with van der Waals surface area (Å²) in [6, 6.07) is 17.0. The molecular formula is C15H16N2O2. The number of nitrogens with two attached hydrogens (primary N) is 2. The van der Waals surface area contributed by atoms with Crippen LogP contribution in [0, 0.1) is 0 Å². The van der Waals surface area contributed by atoms with Crippen molar-refractivity contribution >= 4 is 11.8 Å². The van der Waals surface area contributed by atoms with Crippen molar-refractivity contribution in [2.24, 2.45) is 5.73 Å². The van der Waals surface area contributed by atoms with Gasteiger partial charge >= 0.3 is 6.09 Å². The molecule has 4 heteroatoms. The van der Waals surface area contributed by atoms with Gasteiger partial charge in [-0.15, -0.1) is 0 Å². The molecule has 0 aliphatic carbocycles. The molecule has 2 aromatic carbocycles. The summed E-state index contributed by atoms with van der Waals surface area (Å²) < 4.78 is 5.18. The van der Waals surface area contributed by atoms with Gasteiger partial charge in [-0.3, -0.25) is 0 Å². The highest BCUT2D eigenvalue weighted by Gasteiger charge is 2.15. The van der Waals surface area contributed by atoms with E-state index in [0.29, 0.717) is 12.1 Å². The van der Waals surface area contributed by atoms with Crippen molar-refractivity contribution in [3.8, 4) is 0 Å². The average molecular weight is 256 g/mol. The highest BCUT2D eigenvalue weighted by atomic mass is 16.6. The number of amides is 1. The summed E-state index contributed by atoms with van der Waals surface area (Å²) in [5, 5.41) is 0. The van der Waals surface area contributed by atoms with E-state index in [1.807, 2.05) is 54.6 Å². The van der Waals surface area contributed by atoms with Crippen molar-refractivity contribution in [3.05, 3.63) is 65.7 Å². The molecular weight excluding hydrogens is 240 g/mol. The lowest BCUT2D eigenvalue weighted by molar-refractivity contribution is 0.106. The molecule has 19 heavy (non-hydrogen) atoms. The third-order valence-corrected chi connectivity index (χ3v) is 2.83. The summed E-state index contributed by atoms with van der Waals surface area (Å²) in [5.74, 6) is 0. The van der Waals surface area contributed by atoms with Gasteiger partial charge in [-0.2, -0.15) is 0 Å². The molecule has 0 radical (unpaired) electrons. The van der Waals surface area contributed by atoms with Crippen LogP contribution in [-0.2, 0) is 11.2 Å². The lowest BCUT2D eigenvalue weighted by atomic mass is 10.0. The highest BCUT2D eigenvalue weighted by Crippen LogP contribution is 2.22. The Kier molecular flexibility index (Phi) is 4.03. The van der Waals surface area contributed by atoms with Gasteiger partial charge in [0.25, 0.3) is 0 Å². The second-order valence-electron chi connectivity index (χ2n) is 4.28. The zero-order valence-corrected chi connectivity index (χ0v) is 10.5. The minimum absolute atomic E-state index is 0.387. The predicted octanol–water partition coefficient (Wildman–Crippen LogP) is 2.65. The van der Waals surface area contributed by atoms with E-state index >= 15 is 0 Å². The Hall–Kier alpha value is -2.49. The normalized spacial score (nSPS) is 11.8. The summed E-state index contributed by atoms with van der Waals surface area (Å²) in [6.45, 7) is 0. The van der Waals surface area contributed by atoms with E-state index in [-0.39, 0.29) is 6.10 Å². The van der Waals surface area contributed by atoms with E-state index in [0.717, 1.165) is 11.1 Å². The van der Waals surface area contributed by atoms with E-state index in [2.05, 4.69) is 0 Å². The molecule has 1 atom stereocenters. The molecule has 0 aliphatic heterocycles. The summed E-state index contributed by atoms with van der Waals surface area (Å²) in [7, 11) is 0. The zero-order chi connectivity index (χ0) is 13.7. The number of nitrogen functional groups attached to an aromatic ring is 1. The number of hydrogen-bond acceptors (Lipinski definition) is 3. The fourth-order valence-electron chi connectivity index (χ4n) is 1.90. The minimum Gasteiger partial charge on any atom is -0.441 e. The molecule has 1 unspecified atom stereocenters. The number of hydrogen-bond donors (Lipinski definition) is 2. The van der Waals surface area contributed by atoms with Gasteiger partial charge in [-0.1, -0.05) is 42.5 Å². The van der Waals surface area contributed by atoms with Gasteiger partial charge < -0.3 is 16.2 Å². The van der Waals surface area contributed by atoms with Gasteiger partial charge in [0.1, 0.15) is 6.10 Å². The lowest BCUT2D eigenvalue weighted by Crippen LogP contribution is -2.19. The fraction of sp³-hybridized carbons (Fsp3) is 0.133. The van der Waals surface area contributed by atoms with Gasteiger partial charge in [-0.25, -0.2) is 4.79 Å². The first-order valence-corrected chi connectivity index (χ1v) is 6.00. The molecule has 4 N–H and O–H groups in total. The van der Waals surface area contributed by atoms with Crippen LogP contribution in [0.5, 0.6) is 0 Å². The molecule has 2 rings (SSSR count). The largest absolute Gasteiger partial charge is 0.441 e. The van der Waals surface area contributed by atoms with Crippen LogP contribution in [0.1, 0.15) is 17.2 Å². The van der Waals surface area contributed by atoms with Gasteiger partial charge in [0.15, 0.2) is 0 Å². The summed E-state index contributed by atoms with van der Waals surface area (Å²) in [6.07, 6.45) is -0.598. The summed E-state index contributed by atoms with van der Waals surface area (Å²) in [4.78, 5) is 11.0. The molecule has 98 valence electrons. The monoisotopic (exact) mass is 256 g/mol. The first-order valence-electron chi connectivity index (χ1n) is 6.00. The van der Waals surface area contributed by atoms with Crippen LogP contribution in [0.2, 0.25) is 0 Å². The SMILES string of the molecule is NC(=O)OC(Cc1ccc(N)cc1)c1ccccc1. The van der Waals surface area contributed by atoms with Gasteiger partial charge in [0, 0.05) is 12.1 Å². The first-order chi connectivity index (χ1) is 9.15. The fourth-order valence-corrected chi connectivity index (χ4v) is 1.90. The maximum absolute atomic E-state index is 11.0. The van der Waals surface area contributed by atoms with E-state index in [4.69, 9.17) is 16.2 Å². The quantitative estimate of drug-likeness (QED) is 0.825. The molecule has 0 aliphatic rings. The molecule has 4 nitrogen and oxygen atoms in total. The molecule has 0 fully saturated rings. The second kappa shape index (κ2) is 5.91. The Morgan fingerprint density at radius 1 is 1.05 bits per heavy atom. The molecule has 2 aromatic rings. The summed E-state index contributed by atoms with van der Waals surface area (Å²) in [5.41, 5.74) is 13.4. The first kappa shape index (κ1) is 13.0. The van der Waals surface area contributed by atoms with E-state index < -0.39 is 6.09 Å². The van der Waals surface area contributed by atoms with Crippen molar-refractivity contribution in [1.29, 1.82) is 0 Å². The molecule has 0 aromatic heterocycles. The molecule has 0 saturated heterocycles. The smallest absolute Gasteiger partial charge is 0.405 e. The Bertz CT molecular complexity index is 538. The number of primary amides is 1. The average Bonchev–Trinajstić information content (AvgIpc) is 2.41. The highest BCUT2D eigenvalue weighted by molar-refractivity contribution is 5.65. The van der Waals surface area contributed by atoms with Crippen molar-refractivity contribution in [3.63, 3.8) is 0 Å². The van der Waals surface area contributed by atoms with Crippen LogP contribution in [0.25, 0.3) is 0 Å². The number of benzene rings is 2. The van der Waals surface area contributed by atoms with Gasteiger partial charge in [-0.05, 0) is 23.3 Å². The van der Waals surface area contributed by atoms with Gasteiger partial charge in [0.2, 0.25) is 0 Å². The van der Waals surface area contributed by atoms with Crippen LogP contribution in [0.3, 0.4) is 0 Å². The van der Waals surface area contributed by atoms with Crippen LogP contribution in [0.4, 0.5) is 10.5 Å². The van der Waals surface area contributed by atoms with Crippen molar-refractivity contribution < 1.29 is 9.53 Å². The van der Waals surface area contributed by atoms with Crippen molar-refractivity contribution in [2.45, 2.75) is 12.5 Å². The number of rotatable bonds is 4. The van der Waals surface area contributed by atoms with Crippen LogP contribution in [-0.4, -0.2) is 6.09 Å². The topological polar surface area (TPSA) is 78.3 Å². The molecule has 0 saturated carbocycles. The summed E-state index contributed by atoms with van der Waals surface area (Å²) >= 11 is 0.